The van der Waals surface area contributed by atoms with E-state index in [1.807, 2.05) is 25.1 Å². The molecule has 22 heteroatoms. The molecule has 0 radical (unpaired) electrons. The summed E-state index contributed by atoms with van der Waals surface area (Å²) in [4.78, 5) is 91.4. The van der Waals surface area contributed by atoms with Gasteiger partial charge in [0, 0.05) is 67.0 Å². The number of piperazine rings is 1. The first kappa shape index (κ1) is 51.2. The molecular formula is C52H51F4N9O9. The Morgan fingerprint density at radius 3 is 2.39 bits per heavy atom. The summed E-state index contributed by atoms with van der Waals surface area (Å²) in [6, 6.07) is 13.3. The topological polar surface area (TPSA) is 211 Å². The van der Waals surface area contributed by atoms with Gasteiger partial charge >= 0.3 is 24.3 Å². The van der Waals surface area contributed by atoms with Gasteiger partial charge in [-0.3, -0.25) is 24.2 Å². The number of unbranched alkanes of at least 4 members (excludes halogenated alkanes) is 3. The number of esters is 1. The zero-order valence-corrected chi connectivity index (χ0v) is 40.8. The van der Waals surface area contributed by atoms with Gasteiger partial charge in [0.05, 0.1) is 57.5 Å². The van der Waals surface area contributed by atoms with Crippen molar-refractivity contribution in [3.63, 3.8) is 0 Å². The fraction of sp³-hybridized carbons (Fsp3) is 0.385. The van der Waals surface area contributed by atoms with Crippen LogP contribution in [0.1, 0.15) is 89.4 Å². The number of nitriles is 1. The monoisotopic (exact) mass is 1020 g/mol. The van der Waals surface area contributed by atoms with Gasteiger partial charge in [-0.2, -0.15) is 18.4 Å². The molecule has 74 heavy (non-hydrogen) atoms. The Bertz CT molecular complexity index is 3250. The predicted molar refractivity (Wildman–Crippen MR) is 260 cm³/mol. The molecule has 0 aliphatic carbocycles. The number of alkyl halides is 3. The highest BCUT2D eigenvalue weighted by Crippen LogP contribution is 2.41. The third kappa shape index (κ3) is 9.53. The maximum Gasteiger partial charge on any atom is 0.417 e. The van der Waals surface area contributed by atoms with Crippen molar-refractivity contribution in [2.75, 3.05) is 63.2 Å². The van der Waals surface area contributed by atoms with Crippen LogP contribution in [0.5, 0.6) is 5.75 Å². The standard InChI is InChI=1S/C52H51F4N9O9/c1-51(2)48(70)64(31-10-9-29(25-57)38(22-31)52(54,55)56)49(71)65(51)32-11-12-33(39(53)23-32)45(67)58-15-7-5-6-8-16-61-17-19-62(20-18-61)50(72)74-42-14-13-40-34(36(42)27-60(3)4)21-30-26-63-41(43(30)59-40)24-35-37(46(63)68)28-73-47(69)44(35)66/h9-14,21-24,44,66H,5-8,15-20,26-28H2,1-4H3,(H,58,67)/t44-/m0/s1. The number of ether oxygens (including phenoxy) is 2. The van der Waals surface area contributed by atoms with E-state index in [1.165, 1.54) is 32.0 Å². The molecule has 4 aliphatic rings. The Balaban J connectivity index is 0.731. The number of hydrogen-bond donors (Lipinski definition) is 2. The molecule has 0 unspecified atom stereocenters. The van der Waals surface area contributed by atoms with Gasteiger partial charge in [0.2, 0.25) is 0 Å². The van der Waals surface area contributed by atoms with Gasteiger partial charge in [-0.25, -0.2) is 28.7 Å². The quantitative estimate of drug-likeness (QED) is 0.0551. The van der Waals surface area contributed by atoms with Crippen molar-refractivity contribution in [2.45, 2.75) is 77.0 Å². The molecule has 1 atom stereocenters. The highest BCUT2D eigenvalue weighted by Gasteiger charge is 2.53. The number of hydrogen-bond acceptors (Lipinski definition) is 13. The number of cyclic esters (lactones) is 1. The van der Waals surface area contributed by atoms with Gasteiger partial charge in [0.15, 0.2) is 6.10 Å². The number of anilines is 2. The van der Waals surface area contributed by atoms with E-state index in [4.69, 9.17) is 19.7 Å². The Kier molecular flexibility index (Phi) is 13.8. The van der Waals surface area contributed by atoms with E-state index in [2.05, 4.69) is 10.2 Å². The van der Waals surface area contributed by atoms with Crippen molar-refractivity contribution in [3.8, 4) is 23.2 Å². The van der Waals surface area contributed by atoms with E-state index in [-0.39, 0.29) is 47.6 Å². The lowest BCUT2D eigenvalue weighted by atomic mass is 10.00. The molecule has 0 saturated carbocycles. The van der Waals surface area contributed by atoms with Crippen LogP contribution in [0.2, 0.25) is 0 Å². The second-order valence-electron chi connectivity index (χ2n) is 19.4. The number of benzene rings is 3. The first-order valence-corrected chi connectivity index (χ1v) is 24.0. The minimum Gasteiger partial charge on any atom is -0.458 e. The van der Waals surface area contributed by atoms with Crippen molar-refractivity contribution in [1.82, 2.24) is 29.6 Å². The fourth-order valence-corrected chi connectivity index (χ4v) is 9.92. The molecule has 5 aromatic rings. The first-order chi connectivity index (χ1) is 35.2. The van der Waals surface area contributed by atoms with Crippen LogP contribution in [-0.4, -0.2) is 118 Å². The summed E-state index contributed by atoms with van der Waals surface area (Å²) < 4.78 is 69.2. The second kappa shape index (κ2) is 19.9. The summed E-state index contributed by atoms with van der Waals surface area (Å²) in [5, 5.41) is 23.1. The molecule has 3 aromatic carbocycles. The van der Waals surface area contributed by atoms with Crippen LogP contribution in [0.4, 0.5) is 38.5 Å². The van der Waals surface area contributed by atoms with Crippen molar-refractivity contribution in [3.05, 3.63) is 116 Å². The highest BCUT2D eigenvalue weighted by atomic mass is 19.4. The maximum atomic E-state index is 15.5. The van der Waals surface area contributed by atoms with Crippen LogP contribution >= 0.6 is 0 Å². The average molecular weight is 1020 g/mol. The summed E-state index contributed by atoms with van der Waals surface area (Å²) in [6.45, 7) is 6.44. The van der Waals surface area contributed by atoms with Crippen molar-refractivity contribution in [1.29, 1.82) is 5.26 Å². The van der Waals surface area contributed by atoms with Crippen LogP contribution < -0.4 is 25.4 Å². The number of halogens is 4. The molecule has 386 valence electrons. The largest absolute Gasteiger partial charge is 0.458 e. The Labute approximate surface area is 421 Å². The van der Waals surface area contributed by atoms with E-state index >= 15 is 4.39 Å². The number of rotatable bonds is 13. The summed E-state index contributed by atoms with van der Waals surface area (Å²) in [6.07, 6.45) is -3.84. The number of aliphatic hydroxyl groups is 1. The number of fused-ring (bicyclic) bond motifs is 5. The van der Waals surface area contributed by atoms with Gasteiger partial charge in [0.25, 0.3) is 17.4 Å². The van der Waals surface area contributed by atoms with Gasteiger partial charge < -0.3 is 34.3 Å². The van der Waals surface area contributed by atoms with Gasteiger partial charge in [-0.15, -0.1) is 0 Å². The van der Waals surface area contributed by atoms with E-state index in [1.54, 1.807) is 27.7 Å². The van der Waals surface area contributed by atoms with Gasteiger partial charge in [0.1, 0.15) is 23.7 Å². The molecule has 18 nitrogen and oxygen atoms in total. The number of aliphatic hydroxyl groups excluding tert-OH is 1. The van der Waals surface area contributed by atoms with E-state index in [0.717, 1.165) is 65.4 Å². The Morgan fingerprint density at radius 2 is 1.69 bits per heavy atom. The number of pyridine rings is 2. The lowest BCUT2D eigenvalue weighted by molar-refractivity contribution is -0.157. The number of nitrogens with zero attached hydrogens (tertiary/aromatic N) is 8. The SMILES string of the molecule is CN(C)Cc1c(OC(=O)N2CCN(CCCCCCNC(=O)c3ccc(N4C(=O)N(c5ccc(C#N)c(C(F)(F)F)c5)C(=O)C4(C)C)cc3F)CC2)ccc2nc3c(cc12)Cn1c-3cc2c(c1=O)COC(=O)[C@H]2O. The summed E-state index contributed by atoms with van der Waals surface area (Å²) in [7, 11) is 3.81. The minimum absolute atomic E-state index is 0.0944. The molecular weight excluding hydrogens is 971 g/mol. The smallest absolute Gasteiger partial charge is 0.417 e. The molecule has 5 amide bonds. The Morgan fingerprint density at radius 1 is 0.959 bits per heavy atom. The van der Waals surface area contributed by atoms with Crippen molar-refractivity contribution >= 4 is 52.2 Å². The lowest BCUT2D eigenvalue weighted by Crippen LogP contribution is -2.49. The van der Waals surface area contributed by atoms with Crippen molar-refractivity contribution < 1.29 is 56.1 Å². The number of urea groups is 1. The first-order valence-electron chi connectivity index (χ1n) is 24.0. The molecule has 2 fully saturated rings. The highest BCUT2D eigenvalue weighted by molar-refractivity contribution is 6.30. The van der Waals surface area contributed by atoms with Gasteiger partial charge in [-0.1, -0.05) is 12.8 Å². The summed E-state index contributed by atoms with van der Waals surface area (Å²) in [5.41, 5.74) is -1.17. The predicted octanol–water partition coefficient (Wildman–Crippen LogP) is 6.47. The third-order valence-corrected chi connectivity index (χ3v) is 13.8. The number of amides is 5. The average Bonchev–Trinajstić information content (AvgIpc) is 3.81. The second-order valence-corrected chi connectivity index (χ2v) is 19.4. The molecule has 2 saturated heterocycles. The summed E-state index contributed by atoms with van der Waals surface area (Å²) >= 11 is 0. The molecule has 0 bridgehead atoms. The molecule has 2 N–H and O–H groups in total. The maximum absolute atomic E-state index is 15.5. The van der Waals surface area contributed by atoms with Crippen LogP contribution in [0, 0.1) is 17.1 Å². The summed E-state index contributed by atoms with van der Waals surface area (Å²) in [5.74, 6) is -2.96. The fourth-order valence-electron chi connectivity index (χ4n) is 9.92. The third-order valence-electron chi connectivity index (χ3n) is 13.8. The number of nitrogens with one attached hydrogen (secondary N) is 1. The van der Waals surface area contributed by atoms with Crippen LogP contribution in [0.15, 0.2) is 65.5 Å². The normalized spacial score (nSPS) is 17.3. The van der Waals surface area contributed by atoms with Crippen molar-refractivity contribution in [2.24, 2.45) is 0 Å². The molecule has 4 aliphatic heterocycles. The van der Waals surface area contributed by atoms with Crippen LogP contribution in [-0.2, 0) is 40.2 Å². The molecule has 2 aromatic heterocycles. The number of imide groups is 1. The zero-order valence-electron chi connectivity index (χ0n) is 40.8. The van der Waals surface area contributed by atoms with E-state index in [9.17, 15) is 47.0 Å². The molecule has 0 spiro atoms. The Hall–Kier alpha value is -7.74. The van der Waals surface area contributed by atoms with Crippen LogP contribution in [0.3, 0.4) is 0 Å². The molecule has 9 rings (SSSR count). The van der Waals surface area contributed by atoms with E-state index < -0.39 is 70.4 Å². The van der Waals surface area contributed by atoms with E-state index in [0.29, 0.717) is 72.8 Å². The minimum atomic E-state index is -4.94. The lowest BCUT2D eigenvalue weighted by Gasteiger charge is -2.34. The number of carbonyl (C=O) groups is 5. The molecule has 6 heterocycles. The van der Waals surface area contributed by atoms with Crippen LogP contribution in [0.25, 0.3) is 22.3 Å². The zero-order chi connectivity index (χ0) is 53.0. The van der Waals surface area contributed by atoms with Gasteiger partial charge in [-0.05, 0) is 108 Å². The number of aromatic nitrogens is 2. The number of carbonyl (C=O) groups excluding carboxylic acids is 5.